The van der Waals surface area contributed by atoms with Gasteiger partial charge in [0.25, 0.3) is 0 Å². The van der Waals surface area contributed by atoms with Crippen LogP contribution < -0.4 is 5.32 Å². The van der Waals surface area contributed by atoms with Crippen LogP contribution in [-0.4, -0.2) is 25.3 Å². The second-order valence-corrected chi connectivity index (χ2v) is 4.96. The van der Waals surface area contributed by atoms with Gasteiger partial charge in [-0.2, -0.15) is 0 Å². The molecule has 0 aromatic rings. The van der Waals surface area contributed by atoms with Crippen molar-refractivity contribution in [3.8, 4) is 0 Å². The fourth-order valence-electron chi connectivity index (χ4n) is 2.23. The fourth-order valence-corrected chi connectivity index (χ4v) is 2.23. The predicted octanol–water partition coefficient (Wildman–Crippen LogP) is 3.28. The summed E-state index contributed by atoms with van der Waals surface area (Å²) in [7, 11) is 0. The maximum atomic E-state index is 5.88. The highest BCUT2D eigenvalue weighted by atomic mass is 16.5. The molecule has 1 saturated heterocycles. The Morgan fingerprint density at radius 2 is 2.31 bits per heavy atom. The van der Waals surface area contributed by atoms with Crippen molar-refractivity contribution in [1.29, 1.82) is 0 Å². The van der Waals surface area contributed by atoms with E-state index in [0.717, 1.165) is 19.6 Å². The molecule has 0 aromatic heterocycles. The Bertz CT molecular complexity index is 197. The molecule has 0 spiro atoms. The molecule has 0 aromatic carbocycles. The molecule has 1 aliphatic heterocycles. The molecule has 94 valence electrons. The van der Waals surface area contributed by atoms with Crippen LogP contribution in [-0.2, 0) is 4.74 Å². The topological polar surface area (TPSA) is 21.3 Å². The van der Waals surface area contributed by atoms with Crippen molar-refractivity contribution >= 4 is 0 Å². The van der Waals surface area contributed by atoms with Crippen LogP contribution in [0.25, 0.3) is 0 Å². The normalized spacial score (nSPS) is 23.0. The molecule has 1 fully saturated rings. The Morgan fingerprint density at radius 1 is 1.50 bits per heavy atom. The van der Waals surface area contributed by atoms with E-state index in [1.54, 1.807) is 0 Å². The Kier molecular flexibility index (Phi) is 6.74. The van der Waals surface area contributed by atoms with Gasteiger partial charge < -0.3 is 10.1 Å². The first-order valence-electron chi connectivity index (χ1n) is 6.73. The van der Waals surface area contributed by atoms with Crippen molar-refractivity contribution in [2.24, 2.45) is 0 Å². The monoisotopic (exact) mass is 225 g/mol. The van der Waals surface area contributed by atoms with Crippen LogP contribution in [0.4, 0.5) is 0 Å². The van der Waals surface area contributed by atoms with E-state index in [0.29, 0.717) is 12.1 Å². The zero-order valence-electron chi connectivity index (χ0n) is 10.9. The summed E-state index contributed by atoms with van der Waals surface area (Å²) in [6.07, 6.45) is 7.67. The van der Waals surface area contributed by atoms with Gasteiger partial charge in [-0.15, -0.1) is 6.58 Å². The van der Waals surface area contributed by atoms with Crippen molar-refractivity contribution in [2.45, 2.75) is 64.5 Å². The van der Waals surface area contributed by atoms with Crippen LogP contribution in [0.15, 0.2) is 12.2 Å². The van der Waals surface area contributed by atoms with Gasteiger partial charge in [0, 0.05) is 12.6 Å². The minimum atomic E-state index is 0.430. The minimum Gasteiger partial charge on any atom is -0.377 e. The molecule has 0 bridgehead atoms. The first kappa shape index (κ1) is 13.7. The van der Waals surface area contributed by atoms with E-state index < -0.39 is 0 Å². The van der Waals surface area contributed by atoms with Crippen molar-refractivity contribution in [3.63, 3.8) is 0 Å². The molecule has 0 radical (unpaired) electrons. The maximum Gasteiger partial charge on any atom is 0.0728 e. The lowest BCUT2D eigenvalue weighted by Gasteiger charge is -2.31. The first-order valence-corrected chi connectivity index (χ1v) is 6.73. The molecule has 2 nitrogen and oxygen atoms in total. The largest absolute Gasteiger partial charge is 0.377 e. The third kappa shape index (κ3) is 5.13. The second-order valence-electron chi connectivity index (χ2n) is 4.96. The zero-order chi connectivity index (χ0) is 11.8. The fraction of sp³-hybridized carbons (Fsp3) is 0.857. The highest BCUT2D eigenvalue weighted by Gasteiger charge is 2.23. The second kappa shape index (κ2) is 7.86. The lowest BCUT2D eigenvalue weighted by atomic mass is 9.96. The lowest BCUT2D eigenvalue weighted by Crippen LogP contribution is -2.43. The van der Waals surface area contributed by atoms with E-state index in [-0.39, 0.29) is 0 Å². The van der Waals surface area contributed by atoms with Gasteiger partial charge in [0.15, 0.2) is 0 Å². The molecule has 1 N–H and O–H groups in total. The number of ether oxygens (including phenoxy) is 1. The maximum absolute atomic E-state index is 5.88. The Morgan fingerprint density at radius 3 is 2.88 bits per heavy atom. The van der Waals surface area contributed by atoms with Crippen LogP contribution in [0.2, 0.25) is 0 Å². The highest BCUT2D eigenvalue weighted by molar-refractivity contribution is 4.91. The van der Waals surface area contributed by atoms with Crippen molar-refractivity contribution in [3.05, 3.63) is 12.2 Å². The molecule has 16 heavy (non-hydrogen) atoms. The summed E-state index contributed by atoms with van der Waals surface area (Å²) in [4.78, 5) is 0. The average molecular weight is 225 g/mol. The predicted molar refractivity (Wildman–Crippen MR) is 69.7 cm³/mol. The summed E-state index contributed by atoms with van der Waals surface area (Å²) in [5.74, 6) is 0. The van der Waals surface area contributed by atoms with Crippen LogP contribution in [0.3, 0.4) is 0 Å². The van der Waals surface area contributed by atoms with E-state index in [1.165, 1.54) is 37.7 Å². The van der Waals surface area contributed by atoms with Gasteiger partial charge in [-0.1, -0.05) is 12.5 Å². The molecule has 2 unspecified atom stereocenters. The molecular formula is C14H27NO. The SMILES string of the molecule is C=C(C)CCC(NCCC)C1CCCCO1. The Balaban J connectivity index is 2.37. The van der Waals surface area contributed by atoms with E-state index in [4.69, 9.17) is 4.74 Å². The van der Waals surface area contributed by atoms with E-state index in [9.17, 15) is 0 Å². The van der Waals surface area contributed by atoms with Crippen molar-refractivity contribution in [1.82, 2.24) is 5.32 Å². The molecule has 2 atom stereocenters. The number of nitrogens with one attached hydrogen (secondary N) is 1. The van der Waals surface area contributed by atoms with E-state index >= 15 is 0 Å². The summed E-state index contributed by atoms with van der Waals surface area (Å²) >= 11 is 0. The third-order valence-electron chi connectivity index (χ3n) is 3.20. The Labute approximate surface area is 100 Å². The quantitative estimate of drug-likeness (QED) is 0.671. The van der Waals surface area contributed by atoms with Gasteiger partial charge in [-0.3, -0.25) is 0 Å². The van der Waals surface area contributed by atoms with E-state index in [2.05, 4.69) is 25.7 Å². The zero-order valence-corrected chi connectivity index (χ0v) is 10.9. The molecule has 1 aliphatic rings. The highest BCUT2D eigenvalue weighted by Crippen LogP contribution is 2.19. The summed E-state index contributed by atoms with van der Waals surface area (Å²) in [5, 5.41) is 3.63. The smallest absolute Gasteiger partial charge is 0.0728 e. The average Bonchev–Trinajstić information content (AvgIpc) is 2.30. The summed E-state index contributed by atoms with van der Waals surface area (Å²) in [6.45, 7) is 10.4. The Hall–Kier alpha value is -0.340. The number of allylic oxidation sites excluding steroid dienone is 1. The standard InChI is InChI=1S/C14H27NO/c1-4-10-15-13(9-8-12(2)3)14-7-5-6-11-16-14/h13-15H,2,4-11H2,1,3H3. The van der Waals surface area contributed by atoms with Gasteiger partial charge in [-0.05, 0) is 52.0 Å². The van der Waals surface area contributed by atoms with Gasteiger partial charge in [0.2, 0.25) is 0 Å². The molecule has 1 heterocycles. The van der Waals surface area contributed by atoms with Crippen LogP contribution >= 0.6 is 0 Å². The molecule has 0 aliphatic carbocycles. The lowest BCUT2D eigenvalue weighted by molar-refractivity contribution is -0.00912. The third-order valence-corrected chi connectivity index (χ3v) is 3.20. The van der Waals surface area contributed by atoms with Gasteiger partial charge >= 0.3 is 0 Å². The summed E-state index contributed by atoms with van der Waals surface area (Å²) < 4.78 is 5.88. The van der Waals surface area contributed by atoms with Crippen molar-refractivity contribution < 1.29 is 4.74 Å². The van der Waals surface area contributed by atoms with Crippen LogP contribution in [0, 0.1) is 0 Å². The molecule has 1 rings (SSSR count). The van der Waals surface area contributed by atoms with Crippen molar-refractivity contribution in [2.75, 3.05) is 13.2 Å². The molecular weight excluding hydrogens is 198 g/mol. The number of hydrogen-bond donors (Lipinski definition) is 1. The van der Waals surface area contributed by atoms with E-state index in [1.807, 2.05) is 0 Å². The number of rotatable bonds is 7. The molecule has 2 heteroatoms. The van der Waals surface area contributed by atoms with Crippen LogP contribution in [0.5, 0.6) is 0 Å². The molecule has 0 amide bonds. The minimum absolute atomic E-state index is 0.430. The van der Waals surface area contributed by atoms with Gasteiger partial charge in [0.05, 0.1) is 6.10 Å². The summed E-state index contributed by atoms with van der Waals surface area (Å²) in [6, 6.07) is 0.525. The van der Waals surface area contributed by atoms with Gasteiger partial charge in [-0.25, -0.2) is 0 Å². The van der Waals surface area contributed by atoms with Crippen LogP contribution in [0.1, 0.15) is 52.4 Å². The number of hydrogen-bond acceptors (Lipinski definition) is 2. The molecule has 0 saturated carbocycles. The summed E-state index contributed by atoms with van der Waals surface area (Å²) in [5.41, 5.74) is 1.28. The first-order chi connectivity index (χ1) is 7.74. The van der Waals surface area contributed by atoms with Gasteiger partial charge in [0.1, 0.15) is 0 Å².